The summed E-state index contributed by atoms with van der Waals surface area (Å²) in [5.41, 5.74) is -0.414. The average Bonchev–Trinajstić information content (AvgIpc) is 1.99. The molecule has 0 aromatic heterocycles. The number of hydrogen-bond acceptors (Lipinski definition) is 2. The van der Waals surface area contributed by atoms with Gasteiger partial charge in [-0.15, -0.1) is 0 Å². The van der Waals surface area contributed by atoms with Crippen LogP contribution in [0.4, 0.5) is 0 Å². The lowest BCUT2D eigenvalue weighted by Crippen LogP contribution is -2.40. The molecule has 0 spiro atoms. The molecule has 2 N–H and O–H groups in total. The van der Waals surface area contributed by atoms with E-state index in [1.54, 1.807) is 0 Å². The van der Waals surface area contributed by atoms with Crippen LogP contribution in [0.2, 0.25) is 0 Å². The maximum absolute atomic E-state index is 9.72. The van der Waals surface area contributed by atoms with Gasteiger partial charge >= 0.3 is 0 Å². The minimum absolute atomic E-state index is 0.234. The molecule has 1 saturated heterocycles. The number of aliphatic hydroxyl groups is 1. The third-order valence-corrected chi connectivity index (χ3v) is 2.64. The lowest BCUT2D eigenvalue weighted by atomic mass is 9.82. The first kappa shape index (κ1) is 9.01. The summed E-state index contributed by atoms with van der Waals surface area (Å²) in [5, 5.41) is 12.9. The molecule has 1 fully saturated rings. The Balaban J connectivity index is 2.71. The molecule has 2 heteroatoms. The van der Waals surface area contributed by atoms with Crippen LogP contribution in [-0.4, -0.2) is 16.9 Å². The quantitative estimate of drug-likeness (QED) is 0.604. The van der Waals surface area contributed by atoms with E-state index >= 15 is 0 Å². The van der Waals surface area contributed by atoms with E-state index in [4.69, 9.17) is 0 Å². The van der Waals surface area contributed by atoms with Gasteiger partial charge in [0.05, 0.1) is 0 Å². The van der Waals surface area contributed by atoms with Crippen molar-refractivity contribution in [1.82, 2.24) is 5.32 Å². The van der Waals surface area contributed by atoms with Gasteiger partial charge < -0.3 is 5.11 Å². The van der Waals surface area contributed by atoms with Crippen molar-refractivity contribution in [2.75, 3.05) is 0 Å². The molecule has 11 heavy (non-hydrogen) atoms. The summed E-state index contributed by atoms with van der Waals surface area (Å²) in [6.45, 7) is 8.41. The van der Waals surface area contributed by atoms with Crippen molar-refractivity contribution in [3.8, 4) is 0 Å². The largest absolute Gasteiger partial charge is 0.376 e. The second kappa shape index (κ2) is 2.46. The first-order valence-electron chi connectivity index (χ1n) is 4.37. The van der Waals surface area contributed by atoms with Crippen molar-refractivity contribution in [2.24, 2.45) is 5.41 Å². The molecular formula is C9H19NO. The Morgan fingerprint density at radius 1 is 1.45 bits per heavy atom. The van der Waals surface area contributed by atoms with Gasteiger partial charge in [0.25, 0.3) is 0 Å². The van der Waals surface area contributed by atoms with E-state index in [0.717, 1.165) is 12.8 Å². The molecule has 1 aliphatic rings. The highest BCUT2D eigenvalue weighted by atomic mass is 16.3. The molecule has 1 heterocycles. The molecule has 2 unspecified atom stereocenters. The molecule has 66 valence electrons. The van der Waals surface area contributed by atoms with Gasteiger partial charge in [0.1, 0.15) is 5.72 Å². The van der Waals surface area contributed by atoms with Crippen LogP contribution < -0.4 is 5.32 Å². The Hall–Kier alpha value is -0.0800. The van der Waals surface area contributed by atoms with Crippen LogP contribution in [0.15, 0.2) is 0 Å². The minimum atomic E-state index is -0.649. The van der Waals surface area contributed by atoms with E-state index < -0.39 is 5.72 Å². The SMILES string of the molecule is CCC1NC(C)(O)CC1(C)C. The van der Waals surface area contributed by atoms with Crippen molar-refractivity contribution in [1.29, 1.82) is 0 Å². The Bertz CT molecular complexity index is 152. The first-order valence-corrected chi connectivity index (χ1v) is 4.37. The maximum atomic E-state index is 9.72. The van der Waals surface area contributed by atoms with E-state index in [-0.39, 0.29) is 5.41 Å². The Morgan fingerprint density at radius 3 is 2.18 bits per heavy atom. The highest BCUT2D eigenvalue weighted by Gasteiger charge is 2.44. The van der Waals surface area contributed by atoms with Crippen molar-refractivity contribution >= 4 is 0 Å². The summed E-state index contributed by atoms with van der Waals surface area (Å²) in [6, 6.07) is 0.456. The molecule has 0 aromatic rings. The molecule has 1 aliphatic heterocycles. The first-order chi connectivity index (χ1) is 4.87. The van der Waals surface area contributed by atoms with Crippen molar-refractivity contribution in [3.63, 3.8) is 0 Å². The Labute approximate surface area is 69.0 Å². The topological polar surface area (TPSA) is 32.3 Å². The zero-order valence-electron chi connectivity index (χ0n) is 7.94. The molecule has 0 radical (unpaired) electrons. The standard InChI is InChI=1S/C9H19NO/c1-5-7-8(2,3)6-9(4,11)10-7/h7,10-11H,5-6H2,1-4H3. The third kappa shape index (κ3) is 1.74. The minimum Gasteiger partial charge on any atom is -0.376 e. The second-order valence-electron chi connectivity index (χ2n) is 4.54. The van der Waals surface area contributed by atoms with Gasteiger partial charge in [-0.3, -0.25) is 5.32 Å². The molecule has 1 rings (SSSR count). The highest BCUT2D eigenvalue weighted by Crippen LogP contribution is 2.38. The maximum Gasteiger partial charge on any atom is 0.114 e. The van der Waals surface area contributed by atoms with Gasteiger partial charge in [-0.1, -0.05) is 20.8 Å². The smallest absolute Gasteiger partial charge is 0.114 e. The van der Waals surface area contributed by atoms with Crippen LogP contribution in [0, 0.1) is 5.41 Å². The molecule has 0 aliphatic carbocycles. The van der Waals surface area contributed by atoms with E-state index in [2.05, 4.69) is 26.1 Å². The molecule has 0 bridgehead atoms. The molecule has 2 nitrogen and oxygen atoms in total. The fourth-order valence-corrected chi connectivity index (χ4v) is 2.29. The van der Waals surface area contributed by atoms with Crippen LogP contribution in [0.3, 0.4) is 0 Å². The van der Waals surface area contributed by atoms with Gasteiger partial charge in [-0.2, -0.15) is 0 Å². The third-order valence-electron chi connectivity index (χ3n) is 2.64. The molecule has 0 aromatic carbocycles. The fraction of sp³-hybridized carbons (Fsp3) is 1.00. The number of hydrogen-bond donors (Lipinski definition) is 2. The van der Waals surface area contributed by atoms with Crippen LogP contribution in [0.25, 0.3) is 0 Å². The number of rotatable bonds is 1. The summed E-state index contributed by atoms with van der Waals surface area (Å²) in [4.78, 5) is 0. The van der Waals surface area contributed by atoms with E-state index in [0.29, 0.717) is 6.04 Å². The van der Waals surface area contributed by atoms with Crippen LogP contribution in [-0.2, 0) is 0 Å². The summed E-state index contributed by atoms with van der Waals surface area (Å²) < 4.78 is 0. The summed E-state index contributed by atoms with van der Waals surface area (Å²) in [5.74, 6) is 0. The van der Waals surface area contributed by atoms with E-state index in [1.807, 2.05) is 6.92 Å². The van der Waals surface area contributed by atoms with Gasteiger partial charge in [0.2, 0.25) is 0 Å². The van der Waals surface area contributed by atoms with E-state index in [1.165, 1.54) is 0 Å². The zero-order valence-corrected chi connectivity index (χ0v) is 7.94. The van der Waals surface area contributed by atoms with Crippen LogP contribution in [0.5, 0.6) is 0 Å². The van der Waals surface area contributed by atoms with Gasteiger partial charge in [0.15, 0.2) is 0 Å². The van der Waals surface area contributed by atoms with Gasteiger partial charge in [-0.05, 0) is 25.2 Å². The van der Waals surface area contributed by atoms with Crippen molar-refractivity contribution in [2.45, 2.75) is 52.3 Å². The fourth-order valence-electron chi connectivity index (χ4n) is 2.29. The van der Waals surface area contributed by atoms with E-state index in [9.17, 15) is 5.11 Å². The van der Waals surface area contributed by atoms with Gasteiger partial charge in [0, 0.05) is 6.04 Å². The zero-order chi connectivity index (χ0) is 8.70. The molecule has 0 amide bonds. The molecule has 2 atom stereocenters. The van der Waals surface area contributed by atoms with Crippen molar-refractivity contribution < 1.29 is 5.11 Å². The Morgan fingerprint density at radius 2 is 2.00 bits per heavy atom. The molecular weight excluding hydrogens is 138 g/mol. The summed E-state index contributed by atoms with van der Waals surface area (Å²) >= 11 is 0. The molecule has 0 saturated carbocycles. The Kier molecular flexibility index (Phi) is 2.01. The van der Waals surface area contributed by atoms with Gasteiger partial charge in [-0.25, -0.2) is 0 Å². The van der Waals surface area contributed by atoms with Crippen molar-refractivity contribution in [3.05, 3.63) is 0 Å². The van der Waals surface area contributed by atoms with Crippen LogP contribution >= 0.6 is 0 Å². The summed E-state index contributed by atoms with van der Waals surface area (Å²) in [7, 11) is 0. The predicted octanol–water partition coefficient (Wildman–Crippen LogP) is 1.49. The normalized spacial score (nSPS) is 42.8. The summed E-state index contributed by atoms with van der Waals surface area (Å²) in [6.07, 6.45) is 1.93. The second-order valence-corrected chi connectivity index (χ2v) is 4.54. The number of nitrogens with one attached hydrogen (secondary N) is 1. The highest BCUT2D eigenvalue weighted by molar-refractivity contribution is 4.97. The predicted molar refractivity (Wildman–Crippen MR) is 46.2 cm³/mol. The average molecular weight is 157 g/mol. The lowest BCUT2D eigenvalue weighted by Gasteiger charge is -2.24. The van der Waals surface area contributed by atoms with Crippen LogP contribution in [0.1, 0.15) is 40.5 Å². The lowest BCUT2D eigenvalue weighted by molar-refractivity contribution is 0.0346. The monoisotopic (exact) mass is 157 g/mol.